The molecule has 0 saturated heterocycles. The number of nitrogens with zero attached hydrogens (tertiary/aromatic N) is 1. The Morgan fingerprint density at radius 1 is 1.38 bits per heavy atom. The Labute approximate surface area is 138 Å². The van der Waals surface area contributed by atoms with E-state index in [4.69, 9.17) is 0 Å². The molecule has 21 heavy (non-hydrogen) atoms. The summed E-state index contributed by atoms with van der Waals surface area (Å²) in [6, 6.07) is 7.02. The third-order valence-corrected chi connectivity index (χ3v) is 4.22. The largest absolute Gasteiger partial charge is 0.362 e. The Hall–Kier alpha value is -0.800. The molecule has 0 fully saturated rings. The number of hydrogen-bond acceptors (Lipinski definition) is 2. The van der Waals surface area contributed by atoms with Gasteiger partial charge in [-0.3, -0.25) is 0 Å². The van der Waals surface area contributed by atoms with Gasteiger partial charge in [-0.1, -0.05) is 19.1 Å². The first-order chi connectivity index (χ1) is 9.81. The van der Waals surface area contributed by atoms with Crippen molar-refractivity contribution in [2.24, 2.45) is 0 Å². The van der Waals surface area contributed by atoms with Crippen molar-refractivity contribution < 1.29 is 0 Å². The van der Waals surface area contributed by atoms with Gasteiger partial charge in [0.1, 0.15) is 0 Å². The van der Waals surface area contributed by atoms with E-state index in [2.05, 4.69) is 85.5 Å². The Kier molecular flexibility index (Phi) is 6.95. The molecule has 0 bridgehead atoms. The number of anilines is 1. The molecule has 1 N–H and O–H groups in total. The van der Waals surface area contributed by atoms with E-state index < -0.39 is 0 Å². The van der Waals surface area contributed by atoms with Crippen molar-refractivity contribution in [2.75, 3.05) is 18.0 Å². The molecule has 0 saturated carbocycles. The van der Waals surface area contributed by atoms with Crippen LogP contribution in [0.15, 0.2) is 35.3 Å². The van der Waals surface area contributed by atoms with Crippen LogP contribution in [0.3, 0.4) is 0 Å². The Morgan fingerprint density at radius 3 is 2.52 bits per heavy atom. The van der Waals surface area contributed by atoms with Gasteiger partial charge >= 0.3 is 0 Å². The number of halogens is 1. The molecule has 0 aliphatic heterocycles. The summed E-state index contributed by atoms with van der Waals surface area (Å²) in [6.07, 6.45) is 3.11. The first kappa shape index (κ1) is 18.2. The summed E-state index contributed by atoms with van der Waals surface area (Å²) in [6.45, 7) is 16.8. The third-order valence-electron chi connectivity index (χ3n) is 3.58. The second kappa shape index (κ2) is 8.00. The van der Waals surface area contributed by atoms with Gasteiger partial charge in [0.25, 0.3) is 0 Å². The summed E-state index contributed by atoms with van der Waals surface area (Å²) in [7, 11) is 0. The normalized spacial score (nSPS) is 13.0. The van der Waals surface area contributed by atoms with Crippen molar-refractivity contribution in [3.63, 3.8) is 0 Å². The van der Waals surface area contributed by atoms with Crippen LogP contribution in [0.1, 0.15) is 52.6 Å². The van der Waals surface area contributed by atoms with Gasteiger partial charge in [-0.15, -0.1) is 6.58 Å². The van der Waals surface area contributed by atoms with Crippen LogP contribution in [0.2, 0.25) is 0 Å². The Bertz CT molecular complexity index is 463. The van der Waals surface area contributed by atoms with Gasteiger partial charge in [-0.2, -0.15) is 0 Å². The highest BCUT2D eigenvalue weighted by Crippen LogP contribution is 2.33. The molecule has 0 heterocycles. The maximum Gasteiger partial charge on any atom is 0.0518 e. The fourth-order valence-corrected chi connectivity index (χ4v) is 2.96. The maximum absolute atomic E-state index is 3.88. The van der Waals surface area contributed by atoms with Crippen molar-refractivity contribution in [3.8, 4) is 0 Å². The zero-order valence-corrected chi connectivity index (χ0v) is 15.6. The fraction of sp³-hybridized carbons (Fsp3) is 0.556. The zero-order valence-electron chi connectivity index (χ0n) is 14.0. The summed E-state index contributed by atoms with van der Waals surface area (Å²) in [5.74, 6) is 0. The fourth-order valence-electron chi connectivity index (χ4n) is 2.35. The molecule has 1 atom stereocenters. The molecular formula is C18H29BrN2. The van der Waals surface area contributed by atoms with E-state index in [1.54, 1.807) is 0 Å². The minimum absolute atomic E-state index is 0.0598. The smallest absolute Gasteiger partial charge is 0.0518 e. The van der Waals surface area contributed by atoms with E-state index in [0.29, 0.717) is 6.04 Å². The van der Waals surface area contributed by atoms with Gasteiger partial charge in [-0.05, 0) is 74.3 Å². The first-order valence-electron chi connectivity index (χ1n) is 7.72. The van der Waals surface area contributed by atoms with E-state index in [1.807, 2.05) is 6.08 Å². The second-order valence-corrected chi connectivity index (χ2v) is 7.31. The molecule has 0 aromatic heterocycles. The molecule has 0 spiro atoms. The molecule has 118 valence electrons. The predicted octanol–water partition coefficient (Wildman–Crippen LogP) is 5.30. The third kappa shape index (κ3) is 5.15. The van der Waals surface area contributed by atoms with Gasteiger partial charge in [0.2, 0.25) is 0 Å². The molecule has 3 heteroatoms. The molecule has 2 nitrogen and oxygen atoms in total. The second-order valence-electron chi connectivity index (χ2n) is 6.46. The van der Waals surface area contributed by atoms with Crippen LogP contribution in [0.25, 0.3) is 0 Å². The number of benzene rings is 1. The molecule has 0 amide bonds. The van der Waals surface area contributed by atoms with E-state index >= 15 is 0 Å². The zero-order chi connectivity index (χ0) is 16.0. The van der Waals surface area contributed by atoms with Gasteiger partial charge in [0, 0.05) is 22.6 Å². The van der Waals surface area contributed by atoms with Crippen LogP contribution in [0.4, 0.5) is 5.69 Å². The molecule has 1 rings (SSSR count). The van der Waals surface area contributed by atoms with Crippen molar-refractivity contribution in [1.29, 1.82) is 0 Å². The van der Waals surface area contributed by atoms with Crippen molar-refractivity contribution >= 4 is 21.6 Å². The highest BCUT2D eigenvalue weighted by atomic mass is 79.9. The minimum Gasteiger partial charge on any atom is -0.362 e. The number of rotatable bonds is 7. The van der Waals surface area contributed by atoms with Crippen LogP contribution in [-0.4, -0.2) is 18.6 Å². The van der Waals surface area contributed by atoms with Crippen LogP contribution in [0.5, 0.6) is 0 Å². The summed E-state index contributed by atoms with van der Waals surface area (Å²) in [5, 5.41) is 3.53. The number of nitrogens with one attached hydrogen (secondary N) is 1. The topological polar surface area (TPSA) is 15.3 Å². The molecular weight excluding hydrogens is 324 g/mol. The van der Waals surface area contributed by atoms with Crippen molar-refractivity contribution in [1.82, 2.24) is 5.32 Å². The van der Waals surface area contributed by atoms with Gasteiger partial charge in [-0.25, -0.2) is 0 Å². The maximum atomic E-state index is 3.88. The van der Waals surface area contributed by atoms with Crippen LogP contribution >= 0.6 is 15.9 Å². The summed E-state index contributed by atoms with van der Waals surface area (Å²) < 4.78 is 1.14. The van der Waals surface area contributed by atoms with Crippen LogP contribution in [0, 0.1) is 0 Å². The average molecular weight is 353 g/mol. The molecule has 0 aliphatic rings. The molecule has 0 radical (unpaired) electrons. The lowest BCUT2D eigenvalue weighted by atomic mass is 10.0. The van der Waals surface area contributed by atoms with Gasteiger partial charge in [0.15, 0.2) is 0 Å². The van der Waals surface area contributed by atoms with Crippen LogP contribution in [-0.2, 0) is 0 Å². The summed E-state index contributed by atoms with van der Waals surface area (Å²) >= 11 is 3.74. The molecule has 0 aliphatic carbocycles. The standard InChI is InChI=1S/C18H29BrN2/c1-7-11-20-14(3)15-9-10-17(16(19)13-15)21(12-8-2)18(4,5)6/h8-10,13-14,20H,2,7,11-12H2,1,3-6H3. The van der Waals surface area contributed by atoms with Gasteiger partial charge < -0.3 is 10.2 Å². The first-order valence-corrected chi connectivity index (χ1v) is 8.52. The summed E-state index contributed by atoms with van der Waals surface area (Å²) in [4.78, 5) is 2.36. The van der Waals surface area contributed by atoms with Gasteiger partial charge in [0.05, 0.1) is 5.69 Å². The average Bonchev–Trinajstić information content (AvgIpc) is 2.41. The summed E-state index contributed by atoms with van der Waals surface area (Å²) in [5.41, 5.74) is 2.59. The SMILES string of the molecule is C=CCN(c1ccc(C(C)NCCC)cc1Br)C(C)(C)C. The van der Waals surface area contributed by atoms with Crippen molar-refractivity contribution in [2.45, 2.75) is 52.6 Å². The van der Waals surface area contributed by atoms with Crippen molar-refractivity contribution in [3.05, 3.63) is 40.9 Å². The van der Waals surface area contributed by atoms with E-state index in [0.717, 1.165) is 24.0 Å². The minimum atomic E-state index is 0.0598. The predicted molar refractivity (Wildman–Crippen MR) is 98.1 cm³/mol. The lowest BCUT2D eigenvalue weighted by Gasteiger charge is -2.38. The van der Waals surface area contributed by atoms with Crippen LogP contribution < -0.4 is 10.2 Å². The Balaban J connectivity index is 3.03. The lowest BCUT2D eigenvalue weighted by molar-refractivity contribution is 0.521. The molecule has 1 unspecified atom stereocenters. The quantitative estimate of drug-likeness (QED) is 0.669. The highest BCUT2D eigenvalue weighted by molar-refractivity contribution is 9.10. The van der Waals surface area contributed by atoms with E-state index in [1.165, 1.54) is 11.3 Å². The molecule has 1 aromatic rings. The number of hydrogen-bond donors (Lipinski definition) is 1. The lowest BCUT2D eigenvalue weighted by Crippen LogP contribution is -2.41. The highest BCUT2D eigenvalue weighted by Gasteiger charge is 2.22. The van der Waals surface area contributed by atoms with E-state index in [-0.39, 0.29) is 5.54 Å². The van der Waals surface area contributed by atoms with E-state index in [9.17, 15) is 0 Å². The molecule has 1 aromatic carbocycles. The Morgan fingerprint density at radius 2 is 2.05 bits per heavy atom. The monoisotopic (exact) mass is 352 g/mol.